The third-order valence-electron chi connectivity index (χ3n) is 7.64. The van der Waals surface area contributed by atoms with Crippen molar-refractivity contribution in [1.29, 1.82) is 0 Å². The van der Waals surface area contributed by atoms with Gasteiger partial charge in [0.15, 0.2) is 0 Å². The number of rotatable bonds is 20. The molecule has 0 spiro atoms. The number of hydrogen-bond acceptors (Lipinski definition) is 5. The van der Waals surface area contributed by atoms with Crippen LogP contribution >= 0.6 is 0 Å². The fourth-order valence-electron chi connectivity index (χ4n) is 5.19. The molecule has 0 unspecified atom stereocenters. The number of nitrogens with one attached hydrogen (secondary N) is 1. The monoisotopic (exact) mass is 597 g/mol. The van der Waals surface area contributed by atoms with Gasteiger partial charge in [-0.2, -0.15) is 13.5 Å². The standard InChI is InChI=1S/C33H47N3O5S/c1-2-3-4-5-6-7-8-9-10-11-12-13-14-15-16-20-32(37)34-28-23-21-27(22-24-28)31-26-33(38)36(35-31)29-18-17-19-30(25-29)42(39,40)41/h17-19,21-25H,2-16,20,26H2,1H3,(H,34,37)(H,39,40,41). The average Bonchev–Trinajstić information content (AvgIpc) is 3.36. The van der Waals surface area contributed by atoms with E-state index in [-0.39, 0.29) is 28.8 Å². The van der Waals surface area contributed by atoms with Crippen molar-refractivity contribution < 1.29 is 22.6 Å². The molecule has 2 aromatic carbocycles. The zero-order valence-corrected chi connectivity index (χ0v) is 25.8. The van der Waals surface area contributed by atoms with Crippen LogP contribution in [0.25, 0.3) is 0 Å². The highest BCUT2D eigenvalue weighted by Crippen LogP contribution is 2.26. The number of nitrogens with zero attached hydrogens (tertiary/aromatic N) is 2. The number of carbonyl (C=O) groups is 2. The number of anilines is 2. The van der Waals surface area contributed by atoms with Crippen molar-refractivity contribution >= 4 is 39.0 Å². The summed E-state index contributed by atoms with van der Waals surface area (Å²) in [5.41, 5.74) is 2.21. The summed E-state index contributed by atoms with van der Waals surface area (Å²) >= 11 is 0. The summed E-state index contributed by atoms with van der Waals surface area (Å²) in [7, 11) is -4.39. The molecule has 0 fully saturated rings. The molecule has 42 heavy (non-hydrogen) atoms. The Labute approximate surface area is 251 Å². The Morgan fingerprint density at radius 3 is 1.93 bits per heavy atom. The van der Waals surface area contributed by atoms with Gasteiger partial charge >= 0.3 is 0 Å². The highest BCUT2D eigenvalue weighted by molar-refractivity contribution is 7.85. The van der Waals surface area contributed by atoms with Gasteiger partial charge in [0.1, 0.15) is 0 Å². The second kappa shape index (κ2) is 17.8. The minimum absolute atomic E-state index is 0.00396. The number of amides is 2. The minimum Gasteiger partial charge on any atom is -0.326 e. The topological polar surface area (TPSA) is 116 Å². The first-order chi connectivity index (χ1) is 20.3. The molecule has 9 heteroatoms. The summed E-state index contributed by atoms with van der Waals surface area (Å²) in [4.78, 5) is 24.6. The zero-order valence-electron chi connectivity index (χ0n) is 25.0. The fraction of sp³-hybridized carbons (Fsp3) is 0.545. The van der Waals surface area contributed by atoms with E-state index in [9.17, 15) is 22.6 Å². The first-order valence-corrected chi connectivity index (χ1v) is 17.1. The van der Waals surface area contributed by atoms with E-state index < -0.39 is 10.1 Å². The third kappa shape index (κ3) is 11.7. The van der Waals surface area contributed by atoms with Crippen LogP contribution in [-0.4, -0.2) is 30.5 Å². The van der Waals surface area contributed by atoms with Gasteiger partial charge in [0.25, 0.3) is 16.0 Å². The van der Waals surface area contributed by atoms with Crippen LogP contribution in [0.15, 0.2) is 58.5 Å². The summed E-state index contributed by atoms with van der Waals surface area (Å²) in [6.07, 6.45) is 19.9. The van der Waals surface area contributed by atoms with Crippen LogP contribution in [0, 0.1) is 0 Å². The smallest absolute Gasteiger partial charge is 0.294 e. The molecule has 8 nitrogen and oxygen atoms in total. The van der Waals surface area contributed by atoms with Gasteiger partial charge in [-0.15, -0.1) is 0 Å². The maximum absolute atomic E-state index is 12.6. The minimum atomic E-state index is -4.39. The van der Waals surface area contributed by atoms with E-state index in [1.54, 1.807) is 30.3 Å². The fourth-order valence-corrected chi connectivity index (χ4v) is 5.71. The van der Waals surface area contributed by atoms with Crippen LogP contribution in [0.5, 0.6) is 0 Å². The van der Waals surface area contributed by atoms with E-state index in [4.69, 9.17) is 0 Å². The number of unbranched alkanes of at least 4 members (excludes halogenated alkanes) is 14. The number of benzene rings is 2. The molecule has 1 aliphatic heterocycles. The van der Waals surface area contributed by atoms with E-state index in [1.807, 2.05) is 0 Å². The SMILES string of the molecule is CCCCCCCCCCCCCCCCCC(=O)Nc1ccc(C2=NN(c3cccc(S(=O)(=O)O)c3)C(=O)C2)cc1. The van der Waals surface area contributed by atoms with E-state index >= 15 is 0 Å². The maximum Gasteiger partial charge on any atom is 0.294 e. The molecule has 0 atom stereocenters. The molecule has 0 aliphatic carbocycles. The van der Waals surface area contributed by atoms with Crippen molar-refractivity contribution in [3.8, 4) is 0 Å². The van der Waals surface area contributed by atoms with Crippen molar-refractivity contribution in [1.82, 2.24) is 0 Å². The summed E-state index contributed by atoms with van der Waals surface area (Å²) in [6.45, 7) is 2.26. The van der Waals surface area contributed by atoms with E-state index in [2.05, 4.69) is 17.3 Å². The van der Waals surface area contributed by atoms with Gasteiger partial charge in [-0.25, -0.2) is 5.01 Å². The van der Waals surface area contributed by atoms with Crippen molar-refractivity contribution in [2.24, 2.45) is 5.10 Å². The Morgan fingerprint density at radius 1 is 0.833 bits per heavy atom. The molecule has 2 aromatic rings. The summed E-state index contributed by atoms with van der Waals surface area (Å²) in [6, 6.07) is 12.6. The Morgan fingerprint density at radius 2 is 1.38 bits per heavy atom. The molecule has 0 saturated heterocycles. The van der Waals surface area contributed by atoms with Gasteiger partial charge in [-0.05, 0) is 42.3 Å². The molecule has 3 rings (SSSR count). The lowest BCUT2D eigenvalue weighted by Gasteiger charge is -2.12. The molecule has 1 heterocycles. The van der Waals surface area contributed by atoms with Gasteiger partial charge in [-0.1, -0.05) is 115 Å². The largest absolute Gasteiger partial charge is 0.326 e. The Hall–Kier alpha value is -3.04. The van der Waals surface area contributed by atoms with Crippen LogP contribution < -0.4 is 10.3 Å². The summed E-state index contributed by atoms with van der Waals surface area (Å²) in [5.74, 6) is -0.311. The Balaban J connectivity index is 1.30. The second-order valence-corrected chi connectivity index (χ2v) is 12.6. The van der Waals surface area contributed by atoms with Crippen LogP contribution in [0.2, 0.25) is 0 Å². The predicted octanol–water partition coefficient (Wildman–Crippen LogP) is 8.27. The van der Waals surface area contributed by atoms with Crippen LogP contribution in [-0.2, 0) is 19.7 Å². The van der Waals surface area contributed by atoms with Crippen LogP contribution in [0.1, 0.15) is 122 Å². The number of carbonyl (C=O) groups excluding carboxylic acids is 2. The van der Waals surface area contributed by atoms with Gasteiger partial charge in [0.2, 0.25) is 5.91 Å². The van der Waals surface area contributed by atoms with Crippen molar-refractivity contribution in [3.63, 3.8) is 0 Å². The molecule has 0 bridgehead atoms. The highest BCUT2D eigenvalue weighted by atomic mass is 32.2. The molecular weight excluding hydrogens is 550 g/mol. The highest BCUT2D eigenvalue weighted by Gasteiger charge is 2.27. The van der Waals surface area contributed by atoms with Gasteiger partial charge in [0, 0.05) is 12.1 Å². The Kier molecular flexibility index (Phi) is 14.2. The molecule has 0 radical (unpaired) electrons. The van der Waals surface area contributed by atoms with Gasteiger partial charge in [-0.3, -0.25) is 14.1 Å². The lowest BCUT2D eigenvalue weighted by Crippen LogP contribution is -2.19. The third-order valence-corrected chi connectivity index (χ3v) is 8.49. The second-order valence-electron chi connectivity index (χ2n) is 11.2. The molecular formula is C33H47N3O5S. The first-order valence-electron chi connectivity index (χ1n) is 15.7. The van der Waals surface area contributed by atoms with E-state index in [1.165, 1.54) is 102 Å². The average molecular weight is 598 g/mol. The van der Waals surface area contributed by atoms with E-state index in [0.717, 1.165) is 23.4 Å². The maximum atomic E-state index is 12.6. The quantitative estimate of drug-likeness (QED) is 0.118. The van der Waals surface area contributed by atoms with Crippen LogP contribution in [0.3, 0.4) is 0 Å². The lowest BCUT2D eigenvalue weighted by molar-refractivity contribution is -0.117. The van der Waals surface area contributed by atoms with Crippen molar-refractivity contribution in [3.05, 3.63) is 54.1 Å². The molecule has 0 saturated carbocycles. The lowest BCUT2D eigenvalue weighted by atomic mass is 10.0. The number of hydrogen-bond donors (Lipinski definition) is 2. The summed E-state index contributed by atoms with van der Waals surface area (Å²) < 4.78 is 32.2. The van der Waals surface area contributed by atoms with E-state index in [0.29, 0.717) is 17.8 Å². The summed E-state index contributed by atoms with van der Waals surface area (Å²) in [5, 5.41) is 8.44. The van der Waals surface area contributed by atoms with Gasteiger partial charge in [0.05, 0.1) is 22.7 Å². The molecule has 230 valence electrons. The molecule has 2 amide bonds. The zero-order chi connectivity index (χ0) is 30.2. The predicted molar refractivity (Wildman–Crippen MR) is 170 cm³/mol. The first kappa shape index (κ1) is 33.5. The van der Waals surface area contributed by atoms with Crippen molar-refractivity contribution in [2.45, 2.75) is 121 Å². The van der Waals surface area contributed by atoms with Crippen LogP contribution in [0.4, 0.5) is 11.4 Å². The molecule has 1 aliphatic rings. The Bertz CT molecular complexity index is 1270. The molecule has 0 aromatic heterocycles. The van der Waals surface area contributed by atoms with Gasteiger partial charge < -0.3 is 5.32 Å². The number of hydrazone groups is 1. The normalized spacial score (nSPS) is 13.4. The molecule has 2 N–H and O–H groups in total. The van der Waals surface area contributed by atoms with Crippen molar-refractivity contribution in [2.75, 3.05) is 10.3 Å².